The average Bonchev–Trinajstić information content (AvgIpc) is 3.16. The number of nitrogens with zero attached hydrogens (tertiary/aromatic N) is 5. The number of nitrogens with one attached hydrogen (secondary N) is 1. The van der Waals surface area contributed by atoms with Crippen molar-refractivity contribution < 1.29 is 8.42 Å². The third kappa shape index (κ3) is 3.50. The summed E-state index contributed by atoms with van der Waals surface area (Å²) in [7, 11) is -1.86. The number of hydrogen-bond donors (Lipinski definition) is 1. The van der Waals surface area contributed by atoms with Crippen LogP contribution in [0.5, 0.6) is 0 Å². The summed E-state index contributed by atoms with van der Waals surface area (Å²) in [6.45, 7) is 1.98. The molecular weight excluding hydrogens is 348 g/mol. The van der Waals surface area contributed by atoms with Gasteiger partial charge in [0, 0.05) is 37.8 Å². The predicted molar refractivity (Wildman–Crippen MR) is 90.0 cm³/mol. The quantitative estimate of drug-likeness (QED) is 0.704. The molecule has 8 nitrogen and oxygen atoms in total. The standard InChI is InChI=1S/C14H16N6O2S2/c1-10-13(8-17-20(10)2)24(21,22)18-4-3-11-9-23-14(19-11)12-7-15-5-6-16-12/h5-9,18H,3-4H2,1-2H3. The highest BCUT2D eigenvalue weighted by molar-refractivity contribution is 7.89. The van der Waals surface area contributed by atoms with Gasteiger partial charge in [-0.1, -0.05) is 0 Å². The molecular formula is C14H16N6O2S2. The molecule has 0 aliphatic rings. The molecule has 3 aromatic rings. The van der Waals surface area contributed by atoms with Gasteiger partial charge in [0.15, 0.2) is 0 Å². The van der Waals surface area contributed by atoms with Crippen LogP contribution in [0.2, 0.25) is 0 Å². The van der Waals surface area contributed by atoms with E-state index in [0.29, 0.717) is 17.8 Å². The van der Waals surface area contributed by atoms with E-state index in [0.717, 1.165) is 10.7 Å². The molecule has 0 saturated heterocycles. The Labute approximate surface area is 143 Å². The second-order valence-corrected chi connectivity index (χ2v) is 7.69. The van der Waals surface area contributed by atoms with E-state index in [2.05, 4.69) is 24.8 Å². The van der Waals surface area contributed by atoms with Crippen molar-refractivity contribution in [3.05, 3.63) is 41.6 Å². The average molecular weight is 364 g/mol. The molecule has 1 N–H and O–H groups in total. The first-order chi connectivity index (χ1) is 11.5. The molecule has 3 heterocycles. The summed E-state index contributed by atoms with van der Waals surface area (Å²) in [5.74, 6) is 0. The van der Waals surface area contributed by atoms with E-state index in [1.54, 1.807) is 32.6 Å². The fourth-order valence-electron chi connectivity index (χ4n) is 2.08. The van der Waals surface area contributed by atoms with Gasteiger partial charge in [-0.25, -0.2) is 18.1 Å². The highest BCUT2D eigenvalue weighted by atomic mass is 32.2. The fourth-order valence-corrected chi connectivity index (χ4v) is 4.13. The largest absolute Gasteiger partial charge is 0.272 e. The summed E-state index contributed by atoms with van der Waals surface area (Å²) >= 11 is 1.46. The van der Waals surface area contributed by atoms with E-state index in [1.807, 2.05) is 5.38 Å². The summed E-state index contributed by atoms with van der Waals surface area (Å²) in [6, 6.07) is 0. The number of thiazole rings is 1. The zero-order valence-corrected chi connectivity index (χ0v) is 14.8. The molecule has 0 spiro atoms. The maximum Gasteiger partial charge on any atom is 0.243 e. The highest BCUT2D eigenvalue weighted by Crippen LogP contribution is 2.21. The van der Waals surface area contributed by atoms with Crippen LogP contribution in [0.25, 0.3) is 10.7 Å². The Morgan fingerprint density at radius 2 is 2.12 bits per heavy atom. The molecule has 0 amide bonds. The van der Waals surface area contributed by atoms with E-state index >= 15 is 0 Å². The van der Waals surface area contributed by atoms with Crippen LogP contribution in [0, 0.1) is 6.92 Å². The summed E-state index contributed by atoms with van der Waals surface area (Å²) < 4.78 is 28.7. The number of aromatic nitrogens is 5. The van der Waals surface area contributed by atoms with Gasteiger partial charge in [0.1, 0.15) is 15.6 Å². The van der Waals surface area contributed by atoms with E-state index in [1.165, 1.54) is 22.2 Å². The van der Waals surface area contributed by atoms with Crippen LogP contribution < -0.4 is 4.72 Å². The summed E-state index contributed by atoms with van der Waals surface area (Å²) in [5.41, 5.74) is 2.12. The van der Waals surface area contributed by atoms with Crippen molar-refractivity contribution in [3.63, 3.8) is 0 Å². The van der Waals surface area contributed by atoms with Gasteiger partial charge in [-0.2, -0.15) is 5.10 Å². The molecule has 126 valence electrons. The molecule has 0 aliphatic carbocycles. The molecule has 0 radical (unpaired) electrons. The minimum atomic E-state index is -3.57. The fraction of sp³-hybridized carbons (Fsp3) is 0.286. The third-order valence-electron chi connectivity index (χ3n) is 3.49. The van der Waals surface area contributed by atoms with Crippen molar-refractivity contribution >= 4 is 21.4 Å². The Morgan fingerprint density at radius 1 is 1.29 bits per heavy atom. The van der Waals surface area contributed by atoms with Gasteiger partial charge in [-0.3, -0.25) is 14.6 Å². The molecule has 0 fully saturated rings. The van der Waals surface area contributed by atoms with Gasteiger partial charge in [-0.15, -0.1) is 11.3 Å². The minimum absolute atomic E-state index is 0.198. The maximum absolute atomic E-state index is 12.3. The number of rotatable bonds is 6. The van der Waals surface area contributed by atoms with Gasteiger partial charge >= 0.3 is 0 Å². The first-order valence-electron chi connectivity index (χ1n) is 7.16. The Kier molecular flexibility index (Phi) is 4.69. The number of hydrogen-bond acceptors (Lipinski definition) is 7. The minimum Gasteiger partial charge on any atom is -0.272 e. The highest BCUT2D eigenvalue weighted by Gasteiger charge is 2.19. The van der Waals surface area contributed by atoms with Gasteiger partial charge in [-0.05, 0) is 6.92 Å². The van der Waals surface area contributed by atoms with E-state index in [-0.39, 0.29) is 11.4 Å². The lowest BCUT2D eigenvalue weighted by molar-refractivity contribution is 0.580. The predicted octanol–water partition coefficient (Wildman–Crippen LogP) is 1.16. The van der Waals surface area contributed by atoms with Crippen molar-refractivity contribution in [2.75, 3.05) is 6.54 Å². The lowest BCUT2D eigenvalue weighted by Crippen LogP contribution is -2.26. The maximum atomic E-state index is 12.3. The van der Waals surface area contributed by atoms with Crippen molar-refractivity contribution in [1.82, 2.24) is 29.5 Å². The zero-order chi connectivity index (χ0) is 17.2. The molecule has 0 aliphatic heterocycles. The SMILES string of the molecule is Cc1c(S(=O)(=O)NCCc2csc(-c3cnccn3)n2)cnn1C. The molecule has 0 unspecified atom stereocenters. The van der Waals surface area contributed by atoms with Crippen molar-refractivity contribution in [2.24, 2.45) is 7.05 Å². The van der Waals surface area contributed by atoms with Crippen LogP contribution in [0.4, 0.5) is 0 Å². The van der Waals surface area contributed by atoms with E-state index in [4.69, 9.17) is 0 Å². The van der Waals surface area contributed by atoms with Crippen LogP contribution >= 0.6 is 11.3 Å². The molecule has 3 aromatic heterocycles. The molecule has 0 saturated carbocycles. The van der Waals surface area contributed by atoms with Gasteiger partial charge < -0.3 is 0 Å². The van der Waals surface area contributed by atoms with Gasteiger partial charge in [0.05, 0.1) is 23.8 Å². The third-order valence-corrected chi connectivity index (χ3v) is 5.96. The van der Waals surface area contributed by atoms with E-state index < -0.39 is 10.0 Å². The van der Waals surface area contributed by atoms with Crippen molar-refractivity contribution in [3.8, 4) is 10.7 Å². The first-order valence-corrected chi connectivity index (χ1v) is 9.53. The summed E-state index contributed by atoms with van der Waals surface area (Å²) in [4.78, 5) is 12.9. The molecule has 0 aromatic carbocycles. The van der Waals surface area contributed by atoms with Crippen LogP contribution in [-0.4, -0.2) is 39.7 Å². The molecule has 0 bridgehead atoms. The van der Waals surface area contributed by atoms with Gasteiger partial charge in [0.25, 0.3) is 0 Å². The number of sulfonamides is 1. The Balaban J connectivity index is 1.63. The first kappa shape index (κ1) is 16.7. The molecule has 3 rings (SSSR count). The van der Waals surface area contributed by atoms with Crippen molar-refractivity contribution in [1.29, 1.82) is 0 Å². The van der Waals surface area contributed by atoms with Crippen LogP contribution in [0.1, 0.15) is 11.4 Å². The number of aryl methyl sites for hydroxylation is 1. The molecule has 24 heavy (non-hydrogen) atoms. The smallest absolute Gasteiger partial charge is 0.243 e. The lowest BCUT2D eigenvalue weighted by atomic mass is 10.3. The Morgan fingerprint density at radius 3 is 2.79 bits per heavy atom. The second-order valence-electron chi connectivity index (χ2n) is 5.10. The molecule has 10 heteroatoms. The summed E-state index contributed by atoms with van der Waals surface area (Å²) in [6.07, 6.45) is 6.71. The van der Waals surface area contributed by atoms with Crippen molar-refractivity contribution in [2.45, 2.75) is 18.2 Å². The molecule has 0 atom stereocenters. The zero-order valence-electron chi connectivity index (χ0n) is 13.2. The Hall–Kier alpha value is -2.17. The lowest BCUT2D eigenvalue weighted by Gasteiger charge is -2.05. The van der Waals surface area contributed by atoms with Gasteiger partial charge in [0.2, 0.25) is 10.0 Å². The monoisotopic (exact) mass is 364 g/mol. The topological polar surface area (TPSA) is 103 Å². The normalized spacial score (nSPS) is 11.8. The van der Waals surface area contributed by atoms with Crippen LogP contribution in [0.3, 0.4) is 0 Å². The summed E-state index contributed by atoms with van der Waals surface area (Å²) in [5, 5.41) is 6.62. The second kappa shape index (κ2) is 6.75. The van der Waals surface area contributed by atoms with E-state index in [9.17, 15) is 8.42 Å². The van der Waals surface area contributed by atoms with Crippen LogP contribution in [0.15, 0.2) is 35.1 Å². The van der Waals surface area contributed by atoms with Crippen LogP contribution in [-0.2, 0) is 23.5 Å². The Bertz CT molecular complexity index is 933.